The standard InChI is InChI=1S/C18H18N2O3S/c1-3-23-16-8-4-14(5-9-16)18-12-19-13-20(18)15-6-10-17(11-7-15)24(2,21)22/h4-13H,3H2,1-2H3. The lowest BCUT2D eigenvalue weighted by Gasteiger charge is -2.10. The Hall–Kier alpha value is -2.60. The van der Waals surface area contributed by atoms with E-state index < -0.39 is 9.84 Å². The fourth-order valence-electron chi connectivity index (χ4n) is 2.46. The first-order valence-corrected chi connectivity index (χ1v) is 9.44. The Bertz CT molecular complexity index is 927. The third kappa shape index (κ3) is 3.33. The van der Waals surface area contributed by atoms with Crippen LogP contribution in [-0.2, 0) is 9.84 Å². The van der Waals surface area contributed by atoms with Gasteiger partial charge in [-0.2, -0.15) is 0 Å². The first-order valence-electron chi connectivity index (χ1n) is 7.55. The van der Waals surface area contributed by atoms with Crippen LogP contribution in [0.5, 0.6) is 5.75 Å². The van der Waals surface area contributed by atoms with Crippen molar-refractivity contribution in [2.75, 3.05) is 12.9 Å². The topological polar surface area (TPSA) is 61.2 Å². The van der Waals surface area contributed by atoms with Crippen LogP contribution in [-0.4, -0.2) is 30.8 Å². The van der Waals surface area contributed by atoms with Crippen molar-refractivity contribution in [3.63, 3.8) is 0 Å². The van der Waals surface area contributed by atoms with E-state index in [1.165, 1.54) is 6.26 Å². The summed E-state index contributed by atoms with van der Waals surface area (Å²) in [7, 11) is -3.20. The molecular formula is C18H18N2O3S. The van der Waals surface area contributed by atoms with Gasteiger partial charge in [0.05, 0.1) is 29.7 Å². The minimum atomic E-state index is -3.20. The Kier molecular flexibility index (Phi) is 4.40. The molecule has 3 rings (SSSR count). The SMILES string of the molecule is CCOc1ccc(-c2cncn2-c2ccc(S(C)(=O)=O)cc2)cc1. The van der Waals surface area contributed by atoms with E-state index in [1.807, 2.05) is 35.8 Å². The highest BCUT2D eigenvalue weighted by molar-refractivity contribution is 7.90. The lowest BCUT2D eigenvalue weighted by Crippen LogP contribution is -1.99. The van der Waals surface area contributed by atoms with Crippen LogP contribution in [0.25, 0.3) is 16.9 Å². The highest BCUT2D eigenvalue weighted by atomic mass is 32.2. The van der Waals surface area contributed by atoms with Crippen molar-refractivity contribution in [2.24, 2.45) is 0 Å². The van der Waals surface area contributed by atoms with Crippen molar-refractivity contribution in [1.82, 2.24) is 9.55 Å². The Morgan fingerprint density at radius 1 is 1.04 bits per heavy atom. The van der Waals surface area contributed by atoms with Crippen molar-refractivity contribution in [3.8, 4) is 22.7 Å². The van der Waals surface area contributed by atoms with Gasteiger partial charge in [-0.3, -0.25) is 4.57 Å². The van der Waals surface area contributed by atoms with Gasteiger partial charge in [0, 0.05) is 17.5 Å². The molecule has 0 bridgehead atoms. The molecule has 0 saturated carbocycles. The second-order valence-electron chi connectivity index (χ2n) is 5.37. The van der Waals surface area contributed by atoms with Gasteiger partial charge in [0.2, 0.25) is 0 Å². The molecule has 24 heavy (non-hydrogen) atoms. The predicted octanol–water partition coefficient (Wildman–Crippen LogP) is 3.34. The largest absolute Gasteiger partial charge is 0.494 e. The first-order chi connectivity index (χ1) is 11.5. The monoisotopic (exact) mass is 342 g/mol. The number of hydrogen-bond acceptors (Lipinski definition) is 4. The molecule has 0 spiro atoms. The van der Waals surface area contributed by atoms with E-state index >= 15 is 0 Å². The number of sulfone groups is 1. The molecule has 3 aromatic rings. The summed E-state index contributed by atoms with van der Waals surface area (Å²) >= 11 is 0. The van der Waals surface area contributed by atoms with E-state index in [0.29, 0.717) is 11.5 Å². The van der Waals surface area contributed by atoms with Gasteiger partial charge in [-0.15, -0.1) is 0 Å². The van der Waals surface area contributed by atoms with Gasteiger partial charge in [-0.1, -0.05) is 0 Å². The van der Waals surface area contributed by atoms with Crippen LogP contribution in [0.1, 0.15) is 6.92 Å². The van der Waals surface area contributed by atoms with Crippen LogP contribution in [0.4, 0.5) is 0 Å². The summed E-state index contributed by atoms with van der Waals surface area (Å²) in [5.74, 6) is 0.824. The Balaban J connectivity index is 1.95. The van der Waals surface area contributed by atoms with E-state index in [4.69, 9.17) is 4.74 Å². The fraction of sp³-hybridized carbons (Fsp3) is 0.167. The number of imidazole rings is 1. The maximum atomic E-state index is 11.6. The molecule has 0 amide bonds. The maximum Gasteiger partial charge on any atom is 0.175 e. The molecule has 1 heterocycles. The fourth-order valence-corrected chi connectivity index (χ4v) is 3.09. The zero-order valence-electron chi connectivity index (χ0n) is 13.5. The molecule has 6 heteroatoms. The molecule has 5 nitrogen and oxygen atoms in total. The third-order valence-electron chi connectivity index (χ3n) is 3.64. The molecule has 2 aromatic carbocycles. The highest BCUT2D eigenvalue weighted by Gasteiger charge is 2.10. The Morgan fingerprint density at radius 2 is 1.71 bits per heavy atom. The summed E-state index contributed by atoms with van der Waals surface area (Å²) in [6.45, 7) is 2.58. The van der Waals surface area contributed by atoms with Crippen LogP contribution in [0.3, 0.4) is 0 Å². The van der Waals surface area contributed by atoms with Gasteiger partial charge in [0.25, 0.3) is 0 Å². The quantitative estimate of drug-likeness (QED) is 0.713. The number of benzene rings is 2. The smallest absolute Gasteiger partial charge is 0.175 e. The molecule has 0 unspecified atom stereocenters. The molecule has 0 atom stereocenters. The van der Waals surface area contributed by atoms with E-state index in [2.05, 4.69) is 4.98 Å². The van der Waals surface area contributed by atoms with Crippen LogP contribution >= 0.6 is 0 Å². The van der Waals surface area contributed by atoms with E-state index in [-0.39, 0.29) is 0 Å². The zero-order valence-corrected chi connectivity index (χ0v) is 14.3. The molecular weight excluding hydrogens is 324 g/mol. The molecule has 0 aliphatic rings. The molecule has 0 N–H and O–H groups in total. The average molecular weight is 342 g/mol. The number of aromatic nitrogens is 2. The average Bonchev–Trinajstić information content (AvgIpc) is 3.05. The molecule has 0 aliphatic heterocycles. The summed E-state index contributed by atoms with van der Waals surface area (Å²) in [4.78, 5) is 4.52. The number of ether oxygens (including phenoxy) is 1. The van der Waals surface area contributed by atoms with E-state index in [1.54, 1.807) is 36.8 Å². The Morgan fingerprint density at radius 3 is 2.29 bits per heavy atom. The van der Waals surface area contributed by atoms with Crippen molar-refractivity contribution < 1.29 is 13.2 Å². The number of hydrogen-bond donors (Lipinski definition) is 0. The number of rotatable bonds is 5. The van der Waals surface area contributed by atoms with Crippen LogP contribution in [0.15, 0.2) is 66.0 Å². The maximum absolute atomic E-state index is 11.6. The van der Waals surface area contributed by atoms with Gasteiger partial charge in [-0.25, -0.2) is 13.4 Å². The molecule has 124 valence electrons. The van der Waals surface area contributed by atoms with Crippen LogP contribution < -0.4 is 4.74 Å². The molecule has 1 aromatic heterocycles. The molecule has 0 aliphatic carbocycles. The summed E-state index contributed by atoms with van der Waals surface area (Å²) < 4.78 is 30.5. The van der Waals surface area contributed by atoms with Crippen molar-refractivity contribution in [1.29, 1.82) is 0 Å². The number of nitrogens with zero attached hydrogens (tertiary/aromatic N) is 2. The summed E-state index contributed by atoms with van der Waals surface area (Å²) in [5, 5.41) is 0. The second-order valence-corrected chi connectivity index (χ2v) is 7.39. The van der Waals surface area contributed by atoms with Gasteiger partial charge >= 0.3 is 0 Å². The minimum absolute atomic E-state index is 0.300. The zero-order chi connectivity index (χ0) is 17.2. The summed E-state index contributed by atoms with van der Waals surface area (Å²) in [6, 6.07) is 14.5. The lowest BCUT2D eigenvalue weighted by atomic mass is 10.1. The van der Waals surface area contributed by atoms with Crippen LogP contribution in [0.2, 0.25) is 0 Å². The van der Waals surface area contributed by atoms with E-state index in [0.717, 1.165) is 22.7 Å². The van der Waals surface area contributed by atoms with Crippen LogP contribution in [0, 0.1) is 0 Å². The van der Waals surface area contributed by atoms with Gasteiger partial charge < -0.3 is 4.74 Å². The first kappa shape index (κ1) is 16.3. The van der Waals surface area contributed by atoms with Gasteiger partial charge in [0.15, 0.2) is 9.84 Å². The summed E-state index contributed by atoms with van der Waals surface area (Å²) in [6.07, 6.45) is 4.69. The van der Waals surface area contributed by atoms with Gasteiger partial charge in [-0.05, 0) is 55.5 Å². The van der Waals surface area contributed by atoms with Gasteiger partial charge in [0.1, 0.15) is 5.75 Å². The van der Waals surface area contributed by atoms with Crippen molar-refractivity contribution in [3.05, 3.63) is 61.1 Å². The van der Waals surface area contributed by atoms with Crippen molar-refractivity contribution in [2.45, 2.75) is 11.8 Å². The molecule has 0 radical (unpaired) electrons. The summed E-state index contributed by atoms with van der Waals surface area (Å²) in [5.41, 5.74) is 2.78. The predicted molar refractivity (Wildman–Crippen MR) is 93.3 cm³/mol. The normalized spacial score (nSPS) is 11.4. The lowest BCUT2D eigenvalue weighted by molar-refractivity contribution is 0.340. The van der Waals surface area contributed by atoms with Crippen molar-refractivity contribution >= 4 is 9.84 Å². The molecule has 0 fully saturated rings. The minimum Gasteiger partial charge on any atom is -0.494 e. The molecule has 0 saturated heterocycles. The Labute approximate surface area is 141 Å². The van der Waals surface area contributed by atoms with E-state index in [9.17, 15) is 8.42 Å². The second kappa shape index (κ2) is 6.49. The third-order valence-corrected chi connectivity index (χ3v) is 4.77. The highest BCUT2D eigenvalue weighted by Crippen LogP contribution is 2.25.